The zero-order chi connectivity index (χ0) is 20.2. The van der Waals surface area contributed by atoms with Gasteiger partial charge in [-0.25, -0.2) is 8.42 Å². The Morgan fingerprint density at radius 2 is 1.78 bits per heavy atom. The quantitative estimate of drug-likeness (QED) is 0.783. The van der Waals surface area contributed by atoms with Crippen molar-refractivity contribution in [2.24, 2.45) is 0 Å². The molecule has 0 fully saturated rings. The maximum atomic E-state index is 12.8. The van der Waals surface area contributed by atoms with Gasteiger partial charge in [0.25, 0.3) is 5.91 Å². The van der Waals surface area contributed by atoms with E-state index in [1.807, 2.05) is 6.92 Å². The van der Waals surface area contributed by atoms with E-state index in [2.05, 4.69) is 5.32 Å². The molecule has 7 nitrogen and oxygen atoms in total. The molecule has 1 atom stereocenters. The van der Waals surface area contributed by atoms with Gasteiger partial charge < -0.3 is 14.8 Å². The summed E-state index contributed by atoms with van der Waals surface area (Å²) in [6.45, 7) is 1.82. The predicted octanol–water partition coefficient (Wildman–Crippen LogP) is 2.59. The van der Waals surface area contributed by atoms with Crippen molar-refractivity contribution in [2.45, 2.75) is 13.0 Å². The molecule has 0 aliphatic carbocycles. The fourth-order valence-electron chi connectivity index (χ4n) is 2.65. The Morgan fingerprint density at radius 1 is 1.11 bits per heavy atom. The number of amides is 1. The van der Waals surface area contributed by atoms with Crippen molar-refractivity contribution < 1.29 is 22.7 Å². The molecule has 27 heavy (non-hydrogen) atoms. The first-order chi connectivity index (χ1) is 12.7. The van der Waals surface area contributed by atoms with Crippen LogP contribution in [0.25, 0.3) is 0 Å². The van der Waals surface area contributed by atoms with E-state index in [1.165, 1.54) is 7.05 Å². The molecule has 0 saturated carbocycles. The van der Waals surface area contributed by atoms with Crippen LogP contribution in [0.2, 0.25) is 0 Å². The second kappa shape index (κ2) is 8.30. The molecule has 0 saturated heterocycles. The van der Waals surface area contributed by atoms with Gasteiger partial charge in [0.05, 0.1) is 37.8 Å². The van der Waals surface area contributed by atoms with E-state index < -0.39 is 15.9 Å². The lowest BCUT2D eigenvalue weighted by atomic mass is 10.1. The number of rotatable bonds is 7. The number of carbonyl (C=O) groups excluding carboxylic acids is 1. The highest BCUT2D eigenvalue weighted by atomic mass is 32.2. The van der Waals surface area contributed by atoms with E-state index in [4.69, 9.17) is 9.47 Å². The largest absolute Gasteiger partial charge is 0.497 e. The van der Waals surface area contributed by atoms with Gasteiger partial charge in [-0.2, -0.15) is 0 Å². The Morgan fingerprint density at radius 3 is 2.37 bits per heavy atom. The standard InChI is InChI=1S/C19H24N2O5S/c1-13(16-12-14(25-3)10-11-18(16)26-4)20-19(22)15-8-6-7-9-17(15)21(2)27(5,23)24/h6-13H,1-5H3,(H,20,22)/t13-/m1/s1. The Kier molecular flexibility index (Phi) is 6.32. The Hall–Kier alpha value is -2.74. The highest BCUT2D eigenvalue weighted by molar-refractivity contribution is 7.92. The minimum absolute atomic E-state index is 0.263. The van der Waals surface area contributed by atoms with Crippen LogP contribution in [0.1, 0.15) is 28.9 Å². The van der Waals surface area contributed by atoms with Crippen LogP contribution in [0.4, 0.5) is 5.69 Å². The number of benzene rings is 2. The molecule has 2 aromatic rings. The Labute approximate surface area is 160 Å². The third kappa shape index (κ3) is 4.71. The number of anilines is 1. The first kappa shape index (κ1) is 20.6. The minimum atomic E-state index is -3.50. The third-order valence-corrected chi connectivity index (χ3v) is 5.43. The molecule has 0 unspecified atom stereocenters. The Bertz CT molecular complexity index is 927. The second-order valence-corrected chi connectivity index (χ2v) is 8.06. The summed E-state index contributed by atoms with van der Waals surface area (Å²) in [5, 5.41) is 2.89. The molecule has 146 valence electrons. The van der Waals surface area contributed by atoms with Crippen molar-refractivity contribution in [1.29, 1.82) is 0 Å². The molecule has 0 heterocycles. The van der Waals surface area contributed by atoms with Gasteiger partial charge in [-0.15, -0.1) is 0 Å². The summed E-state index contributed by atoms with van der Waals surface area (Å²) in [5.74, 6) is 0.868. The second-order valence-electron chi connectivity index (χ2n) is 6.05. The zero-order valence-corrected chi connectivity index (χ0v) is 16.8. The average molecular weight is 392 g/mol. The normalized spacial score (nSPS) is 12.2. The van der Waals surface area contributed by atoms with E-state index >= 15 is 0 Å². The van der Waals surface area contributed by atoms with Crippen LogP contribution in [0.15, 0.2) is 42.5 Å². The van der Waals surface area contributed by atoms with Gasteiger partial charge in [0.15, 0.2) is 0 Å². The molecule has 0 aliphatic heterocycles. The van der Waals surface area contributed by atoms with E-state index in [9.17, 15) is 13.2 Å². The summed E-state index contributed by atoms with van der Waals surface area (Å²) in [6.07, 6.45) is 1.09. The summed E-state index contributed by atoms with van der Waals surface area (Å²) in [7, 11) is 1.03. The van der Waals surface area contributed by atoms with Crippen molar-refractivity contribution in [2.75, 3.05) is 31.8 Å². The molecule has 0 aromatic heterocycles. The maximum Gasteiger partial charge on any atom is 0.253 e. The first-order valence-corrected chi connectivity index (χ1v) is 10.1. The number of hydrogen-bond donors (Lipinski definition) is 1. The van der Waals surface area contributed by atoms with Crippen molar-refractivity contribution in [3.05, 3.63) is 53.6 Å². The van der Waals surface area contributed by atoms with Crippen LogP contribution in [0.5, 0.6) is 11.5 Å². The highest BCUT2D eigenvalue weighted by Gasteiger charge is 2.22. The monoisotopic (exact) mass is 392 g/mol. The number of ether oxygens (including phenoxy) is 2. The van der Waals surface area contributed by atoms with Crippen molar-refractivity contribution >= 4 is 21.6 Å². The molecular formula is C19H24N2O5S. The van der Waals surface area contributed by atoms with Gasteiger partial charge in [-0.3, -0.25) is 9.10 Å². The number of carbonyl (C=O) groups is 1. The minimum Gasteiger partial charge on any atom is -0.497 e. The van der Waals surface area contributed by atoms with Gasteiger partial charge >= 0.3 is 0 Å². The fourth-order valence-corrected chi connectivity index (χ4v) is 3.17. The molecule has 0 aliphatic rings. The van der Waals surface area contributed by atoms with Gasteiger partial charge in [-0.1, -0.05) is 12.1 Å². The van der Waals surface area contributed by atoms with Crippen LogP contribution in [0, 0.1) is 0 Å². The molecular weight excluding hydrogens is 368 g/mol. The maximum absolute atomic E-state index is 12.8. The smallest absolute Gasteiger partial charge is 0.253 e. The van der Waals surface area contributed by atoms with Crippen molar-refractivity contribution in [3.8, 4) is 11.5 Å². The van der Waals surface area contributed by atoms with Crippen LogP contribution >= 0.6 is 0 Å². The summed E-state index contributed by atoms with van der Waals surface area (Å²) in [5.41, 5.74) is 1.32. The number of nitrogens with one attached hydrogen (secondary N) is 1. The lowest BCUT2D eigenvalue weighted by Gasteiger charge is -2.22. The summed E-state index contributed by atoms with van der Waals surface area (Å²) < 4.78 is 35.4. The van der Waals surface area contributed by atoms with E-state index in [1.54, 1.807) is 56.7 Å². The predicted molar refractivity (Wildman–Crippen MR) is 105 cm³/mol. The number of methoxy groups -OCH3 is 2. The Balaban J connectivity index is 2.34. The van der Waals surface area contributed by atoms with Crippen molar-refractivity contribution in [1.82, 2.24) is 5.32 Å². The van der Waals surface area contributed by atoms with E-state index in [0.29, 0.717) is 17.2 Å². The molecule has 0 radical (unpaired) electrons. The van der Waals surface area contributed by atoms with Gasteiger partial charge in [0.1, 0.15) is 11.5 Å². The molecule has 0 spiro atoms. The number of hydrogen-bond acceptors (Lipinski definition) is 5. The molecule has 8 heteroatoms. The molecule has 2 rings (SSSR count). The van der Waals surface area contributed by atoms with Crippen LogP contribution in [0.3, 0.4) is 0 Å². The van der Waals surface area contributed by atoms with Gasteiger partial charge in [0, 0.05) is 12.6 Å². The highest BCUT2D eigenvalue weighted by Crippen LogP contribution is 2.30. The van der Waals surface area contributed by atoms with Crippen molar-refractivity contribution in [3.63, 3.8) is 0 Å². The van der Waals surface area contributed by atoms with Crippen LogP contribution in [-0.4, -0.2) is 41.8 Å². The molecule has 1 N–H and O–H groups in total. The third-order valence-electron chi connectivity index (χ3n) is 4.24. The fraction of sp³-hybridized carbons (Fsp3) is 0.316. The first-order valence-electron chi connectivity index (χ1n) is 8.24. The average Bonchev–Trinajstić information content (AvgIpc) is 2.65. The summed E-state index contributed by atoms with van der Waals surface area (Å²) in [4.78, 5) is 12.8. The summed E-state index contributed by atoms with van der Waals surface area (Å²) in [6, 6.07) is 11.5. The van der Waals surface area contributed by atoms with Gasteiger partial charge in [-0.05, 0) is 37.3 Å². The lowest BCUT2D eigenvalue weighted by molar-refractivity contribution is 0.0940. The van der Waals surface area contributed by atoms with E-state index in [0.717, 1.165) is 16.1 Å². The number of sulfonamides is 1. The summed E-state index contributed by atoms with van der Waals surface area (Å²) >= 11 is 0. The topological polar surface area (TPSA) is 84.9 Å². The number of nitrogens with zero attached hydrogens (tertiary/aromatic N) is 1. The van der Waals surface area contributed by atoms with Gasteiger partial charge in [0.2, 0.25) is 10.0 Å². The van der Waals surface area contributed by atoms with Crippen LogP contribution in [-0.2, 0) is 10.0 Å². The molecule has 0 bridgehead atoms. The van der Waals surface area contributed by atoms with E-state index in [-0.39, 0.29) is 11.6 Å². The SMILES string of the molecule is COc1ccc(OC)c([C@@H](C)NC(=O)c2ccccc2N(C)S(C)(=O)=O)c1. The lowest BCUT2D eigenvalue weighted by Crippen LogP contribution is -2.31. The van der Waals surface area contributed by atoms with Crippen LogP contribution < -0.4 is 19.1 Å². The number of para-hydroxylation sites is 1. The zero-order valence-electron chi connectivity index (χ0n) is 16.0. The molecule has 2 aromatic carbocycles. The molecule has 1 amide bonds.